The fraction of sp³-hybridized carbons (Fsp3) is 0.174. The number of nitrogens with zero attached hydrogens (tertiary/aromatic N) is 1. The van der Waals surface area contributed by atoms with E-state index in [-0.39, 0.29) is 12.3 Å². The maximum atomic E-state index is 13.3. The lowest BCUT2D eigenvalue weighted by Gasteiger charge is -2.34. The molecule has 3 aromatic carbocycles. The van der Waals surface area contributed by atoms with E-state index >= 15 is 0 Å². The molecule has 1 N–H and O–H groups in total. The number of nitrogens with one attached hydrogen (secondary N) is 1. The lowest BCUT2D eigenvalue weighted by Crippen LogP contribution is -2.49. The molecule has 0 bridgehead atoms. The monoisotopic (exact) mass is 456 g/mol. The Morgan fingerprint density at radius 3 is 2.58 bits per heavy atom. The van der Waals surface area contributed by atoms with Crippen LogP contribution in [0, 0.1) is 6.92 Å². The van der Waals surface area contributed by atoms with E-state index in [4.69, 9.17) is 16.3 Å². The van der Waals surface area contributed by atoms with Gasteiger partial charge in [-0.25, -0.2) is 8.42 Å². The molecule has 0 aliphatic carbocycles. The molecule has 1 aliphatic heterocycles. The standard InChI is InChI=1S/C23H21ClN2O4S/c1-16-11-12-18(24)13-19(16)25-23(27)22-14-26(20-9-5-6-10-21(20)30-22)31(28,29)15-17-7-3-2-4-8-17/h2-13,22H,14-15H2,1H3,(H,25,27). The van der Waals surface area contributed by atoms with Gasteiger partial charge in [0.2, 0.25) is 10.0 Å². The Bertz CT molecular complexity index is 1220. The lowest BCUT2D eigenvalue weighted by molar-refractivity contribution is -0.122. The zero-order chi connectivity index (χ0) is 22.0. The first kappa shape index (κ1) is 21.2. The number of fused-ring (bicyclic) bond motifs is 1. The number of hydrogen-bond acceptors (Lipinski definition) is 4. The van der Waals surface area contributed by atoms with Gasteiger partial charge in [-0.3, -0.25) is 9.10 Å². The molecule has 1 aliphatic rings. The molecule has 6 nitrogen and oxygen atoms in total. The number of rotatable bonds is 5. The minimum Gasteiger partial charge on any atom is -0.476 e. The third kappa shape index (κ3) is 4.68. The van der Waals surface area contributed by atoms with Crippen molar-refractivity contribution < 1.29 is 17.9 Å². The molecule has 1 amide bonds. The summed E-state index contributed by atoms with van der Waals surface area (Å²) in [5.74, 6) is -0.280. The maximum absolute atomic E-state index is 13.3. The van der Waals surface area contributed by atoms with Crippen LogP contribution in [-0.2, 0) is 20.6 Å². The minimum absolute atomic E-state index is 0.127. The number of hydrogen-bond donors (Lipinski definition) is 1. The van der Waals surface area contributed by atoms with E-state index in [0.29, 0.717) is 27.7 Å². The van der Waals surface area contributed by atoms with Crippen LogP contribution in [0.3, 0.4) is 0 Å². The summed E-state index contributed by atoms with van der Waals surface area (Å²) in [6.07, 6.45) is -1.01. The molecule has 0 spiro atoms. The molecule has 0 aromatic heterocycles. The molecule has 31 heavy (non-hydrogen) atoms. The summed E-state index contributed by atoms with van der Waals surface area (Å²) >= 11 is 6.04. The van der Waals surface area contributed by atoms with Crippen LogP contribution in [0.2, 0.25) is 5.02 Å². The second-order valence-electron chi connectivity index (χ2n) is 7.30. The van der Waals surface area contributed by atoms with Gasteiger partial charge in [-0.05, 0) is 42.3 Å². The quantitative estimate of drug-likeness (QED) is 0.618. The highest BCUT2D eigenvalue weighted by atomic mass is 35.5. The van der Waals surface area contributed by atoms with Crippen molar-refractivity contribution in [1.82, 2.24) is 0 Å². The van der Waals surface area contributed by atoms with Crippen molar-refractivity contribution in [2.75, 3.05) is 16.2 Å². The summed E-state index contributed by atoms with van der Waals surface area (Å²) < 4.78 is 33.6. The normalized spacial score (nSPS) is 15.7. The largest absolute Gasteiger partial charge is 0.476 e. The predicted molar refractivity (Wildman–Crippen MR) is 122 cm³/mol. The SMILES string of the molecule is Cc1ccc(Cl)cc1NC(=O)C1CN(S(=O)(=O)Cc2ccccc2)c2ccccc2O1. The average molecular weight is 457 g/mol. The van der Waals surface area contributed by atoms with Gasteiger partial charge in [0.1, 0.15) is 5.75 Å². The van der Waals surface area contributed by atoms with Crippen LogP contribution < -0.4 is 14.4 Å². The number of para-hydroxylation sites is 2. The molecule has 0 saturated heterocycles. The smallest absolute Gasteiger partial charge is 0.267 e. The van der Waals surface area contributed by atoms with Crippen molar-refractivity contribution in [3.63, 3.8) is 0 Å². The van der Waals surface area contributed by atoms with Crippen LogP contribution in [0.15, 0.2) is 72.8 Å². The van der Waals surface area contributed by atoms with Crippen LogP contribution in [0.1, 0.15) is 11.1 Å². The number of aryl methyl sites for hydroxylation is 1. The zero-order valence-corrected chi connectivity index (χ0v) is 18.4. The molecule has 3 aromatic rings. The fourth-order valence-electron chi connectivity index (χ4n) is 3.41. The molecule has 1 heterocycles. The summed E-state index contributed by atoms with van der Waals surface area (Å²) in [7, 11) is -3.75. The van der Waals surface area contributed by atoms with Gasteiger partial charge >= 0.3 is 0 Å². The van der Waals surface area contributed by atoms with Gasteiger partial charge in [-0.1, -0.05) is 60.1 Å². The van der Waals surface area contributed by atoms with E-state index in [1.54, 1.807) is 66.7 Å². The van der Waals surface area contributed by atoms with Crippen LogP contribution in [0.25, 0.3) is 0 Å². The summed E-state index contributed by atoms with van der Waals surface area (Å²) in [6, 6.07) is 20.9. The first-order valence-electron chi connectivity index (χ1n) is 9.70. The molecule has 0 radical (unpaired) electrons. The average Bonchev–Trinajstić information content (AvgIpc) is 2.76. The first-order valence-corrected chi connectivity index (χ1v) is 11.7. The molecule has 4 rings (SSSR count). The highest BCUT2D eigenvalue weighted by Gasteiger charge is 2.36. The van der Waals surface area contributed by atoms with Gasteiger partial charge in [0.15, 0.2) is 6.10 Å². The third-order valence-corrected chi connectivity index (χ3v) is 6.96. The Hall–Kier alpha value is -3.03. The Kier molecular flexibility index (Phi) is 5.89. The molecule has 160 valence electrons. The Morgan fingerprint density at radius 2 is 1.81 bits per heavy atom. The maximum Gasteiger partial charge on any atom is 0.267 e. The van der Waals surface area contributed by atoms with Crippen molar-refractivity contribution in [2.24, 2.45) is 0 Å². The molecule has 1 atom stereocenters. The summed E-state index contributed by atoms with van der Waals surface area (Å²) in [5.41, 5.74) is 2.48. The summed E-state index contributed by atoms with van der Waals surface area (Å²) in [5, 5.41) is 3.29. The third-order valence-electron chi connectivity index (χ3n) is 5.01. The van der Waals surface area contributed by atoms with Crippen molar-refractivity contribution >= 4 is 38.9 Å². The molecular weight excluding hydrogens is 436 g/mol. The van der Waals surface area contributed by atoms with Crippen molar-refractivity contribution in [2.45, 2.75) is 18.8 Å². The number of carbonyl (C=O) groups is 1. The minimum atomic E-state index is -3.75. The second kappa shape index (κ2) is 8.61. The van der Waals surface area contributed by atoms with E-state index in [1.807, 2.05) is 13.0 Å². The van der Waals surface area contributed by atoms with Gasteiger partial charge in [0, 0.05) is 10.7 Å². The summed E-state index contributed by atoms with van der Waals surface area (Å²) in [4.78, 5) is 13.0. The van der Waals surface area contributed by atoms with Gasteiger partial charge in [-0.15, -0.1) is 0 Å². The van der Waals surface area contributed by atoms with Crippen molar-refractivity contribution in [3.05, 3.63) is 88.9 Å². The Labute approximate surface area is 186 Å². The van der Waals surface area contributed by atoms with E-state index < -0.39 is 22.0 Å². The molecule has 8 heteroatoms. The number of halogens is 1. The fourth-order valence-corrected chi connectivity index (χ4v) is 5.16. The number of anilines is 2. The Morgan fingerprint density at radius 1 is 1.10 bits per heavy atom. The lowest BCUT2D eigenvalue weighted by atomic mass is 10.1. The number of benzene rings is 3. The number of sulfonamides is 1. The Balaban J connectivity index is 1.62. The predicted octanol–water partition coefficient (Wildman–Crippen LogP) is 4.38. The number of amides is 1. The number of ether oxygens (including phenoxy) is 1. The first-order chi connectivity index (χ1) is 14.8. The van der Waals surface area contributed by atoms with Crippen LogP contribution in [-0.4, -0.2) is 27.0 Å². The highest BCUT2D eigenvalue weighted by molar-refractivity contribution is 7.92. The topological polar surface area (TPSA) is 75.7 Å². The second-order valence-corrected chi connectivity index (χ2v) is 9.63. The summed E-state index contributed by atoms with van der Waals surface area (Å²) in [6.45, 7) is 1.72. The van der Waals surface area contributed by atoms with Gasteiger partial charge in [0.25, 0.3) is 5.91 Å². The molecular formula is C23H21ClN2O4S. The highest BCUT2D eigenvalue weighted by Crippen LogP contribution is 2.36. The zero-order valence-electron chi connectivity index (χ0n) is 16.8. The number of carbonyl (C=O) groups excluding carboxylic acids is 1. The van der Waals surface area contributed by atoms with E-state index in [0.717, 1.165) is 5.56 Å². The van der Waals surface area contributed by atoms with Crippen molar-refractivity contribution in [3.8, 4) is 5.75 Å². The van der Waals surface area contributed by atoms with Crippen LogP contribution >= 0.6 is 11.6 Å². The van der Waals surface area contributed by atoms with Gasteiger partial charge in [0.05, 0.1) is 18.0 Å². The molecule has 0 saturated carbocycles. The van der Waals surface area contributed by atoms with Crippen LogP contribution in [0.5, 0.6) is 5.75 Å². The van der Waals surface area contributed by atoms with Gasteiger partial charge < -0.3 is 10.1 Å². The van der Waals surface area contributed by atoms with E-state index in [1.165, 1.54) is 4.31 Å². The van der Waals surface area contributed by atoms with Gasteiger partial charge in [-0.2, -0.15) is 0 Å². The molecule has 0 fully saturated rings. The van der Waals surface area contributed by atoms with E-state index in [2.05, 4.69) is 5.32 Å². The molecule has 1 unspecified atom stereocenters. The van der Waals surface area contributed by atoms with Crippen LogP contribution in [0.4, 0.5) is 11.4 Å². The van der Waals surface area contributed by atoms with Crippen molar-refractivity contribution in [1.29, 1.82) is 0 Å². The van der Waals surface area contributed by atoms with E-state index in [9.17, 15) is 13.2 Å².